The molecule has 0 aliphatic rings. The summed E-state index contributed by atoms with van der Waals surface area (Å²) in [5.74, 6) is 1.39. The third-order valence-corrected chi connectivity index (χ3v) is 5.71. The van der Waals surface area contributed by atoms with Crippen LogP contribution in [0.5, 0.6) is 11.5 Å². The predicted molar refractivity (Wildman–Crippen MR) is 114 cm³/mol. The second-order valence-corrected chi connectivity index (χ2v) is 7.65. The van der Waals surface area contributed by atoms with E-state index in [1.807, 2.05) is 36.4 Å². The van der Waals surface area contributed by atoms with Crippen LogP contribution < -0.4 is 9.47 Å². The van der Waals surface area contributed by atoms with Crippen molar-refractivity contribution >= 4 is 15.9 Å². The molecule has 0 spiro atoms. The van der Waals surface area contributed by atoms with Gasteiger partial charge in [0.2, 0.25) is 0 Å². The van der Waals surface area contributed by atoms with Gasteiger partial charge in [-0.15, -0.1) is 0 Å². The Hall–Kier alpha value is -1.60. The van der Waals surface area contributed by atoms with Gasteiger partial charge in [-0.3, -0.25) is 0 Å². The van der Waals surface area contributed by atoms with Crippen LogP contribution in [0.4, 0.5) is 0 Å². The minimum absolute atomic E-state index is 0.0616. The molecule has 2 aromatic rings. The summed E-state index contributed by atoms with van der Waals surface area (Å²) < 4.78 is 11.1. The normalized spacial score (nSPS) is 15.5. The van der Waals surface area contributed by atoms with Crippen LogP contribution in [0.2, 0.25) is 0 Å². The number of ether oxygens (including phenoxy) is 2. The SMILES string of the molecule is CCC(C)(c1ccc(OCC(O)CO)cc1)c1ccc(OCC(O)CBr)cc1. The molecule has 3 unspecified atom stereocenters. The maximum Gasteiger partial charge on any atom is 0.119 e. The molecule has 0 radical (unpaired) electrons. The summed E-state index contributed by atoms with van der Waals surface area (Å²) in [6.07, 6.45) is -0.490. The molecule has 0 bridgehead atoms. The molecule has 3 N–H and O–H groups in total. The lowest BCUT2D eigenvalue weighted by atomic mass is 9.74. The number of benzene rings is 2. The van der Waals surface area contributed by atoms with Crippen molar-refractivity contribution < 1.29 is 24.8 Å². The summed E-state index contributed by atoms with van der Waals surface area (Å²) in [6.45, 7) is 4.34. The molecule has 3 atom stereocenters. The van der Waals surface area contributed by atoms with Crippen LogP contribution in [0, 0.1) is 0 Å². The highest BCUT2D eigenvalue weighted by atomic mass is 79.9. The van der Waals surface area contributed by atoms with Gasteiger partial charge in [-0.25, -0.2) is 0 Å². The minimum atomic E-state index is -0.878. The number of rotatable bonds is 11. The molecular formula is C22H29BrO5. The first kappa shape index (κ1) is 22.7. The van der Waals surface area contributed by atoms with Crippen molar-refractivity contribution in [1.29, 1.82) is 0 Å². The molecule has 0 aromatic heterocycles. The largest absolute Gasteiger partial charge is 0.491 e. The molecule has 28 heavy (non-hydrogen) atoms. The van der Waals surface area contributed by atoms with E-state index in [4.69, 9.17) is 14.6 Å². The number of hydrogen-bond acceptors (Lipinski definition) is 5. The summed E-state index contributed by atoms with van der Waals surface area (Å²) in [7, 11) is 0. The quantitative estimate of drug-likeness (QED) is 0.456. The summed E-state index contributed by atoms with van der Waals surface area (Å²) in [6, 6.07) is 15.8. The van der Waals surface area contributed by atoms with Crippen LogP contribution in [0.15, 0.2) is 48.5 Å². The molecule has 2 rings (SSSR count). The number of aliphatic hydroxyl groups is 3. The van der Waals surface area contributed by atoms with E-state index in [1.54, 1.807) is 0 Å². The van der Waals surface area contributed by atoms with Gasteiger partial charge in [0.1, 0.15) is 30.8 Å². The van der Waals surface area contributed by atoms with E-state index in [9.17, 15) is 10.2 Å². The predicted octanol–water partition coefficient (Wildman–Crippen LogP) is 3.27. The van der Waals surface area contributed by atoms with Crippen LogP contribution in [0.25, 0.3) is 0 Å². The highest BCUT2D eigenvalue weighted by Gasteiger charge is 2.27. The molecule has 0 aliphatic heterocycles. The van der Waals surface area contributed by atoms with Crippen LogP contribution in [0.1, 0.15) is 31.4 Å². The number of hydrogen-bond donors (Lipinski definition) is 3. The number of halogens is 1. The monoisotopic (exact) mass is 452 g/mol. The van der Waals surface area contributed by atoms with Crippen molar-refractivity contribution in [1.82, 2.24) is 0 Å². The fourth-order valence-electron chi connectivity index (χ4n) is 2.90. The molecule has 0 fully saturated rings. The third kappa shape index (κ3) is 5.95. The maximum absolute atomic E-state index is 9.59. The van der Waals surface area contributed by atoms with Gasteiger partial charge in [-0.2, -0.15) is 0 Å². The van der Waals surface area contributed by atoms with Crippen molar-refractivity contribution in [3.05, 3.63) is 59.7 Å². The average molecular weight is 453 g/mol. The van der Waals surface area contributed by atoms with Gasteiger partial charge in [0.25, 0.3) is 0 Å². The Morgan fingerprint density at radius 3 is 1.64 bits per heavy atom. The highest BCUT2D eigenvalue weighted by Crippen LogP contribution is 2.36. The Bertz CT molecular complexity index is 644. The lowest BCUT2D eigenvalue weighted by Crippen LogP contribution is -2.23. The van der Waals surface area contributed by atoms with Crippen molar-refractivity contribution in [2.75, 3.05) is 25.2 Å². The van der Waals surface area contributed by atoms with Crippen molar-refractivity contribution in [3.63, 3.8) is 0 Å². The van der Waals surface area contributed by atoms with Crippen molar-refractivity contribution in [2.24, 2.45) is 0 Å². The van der Waals surface area contributed by atoms with E-state index in [0.717, 1.165) is 17.7 Å². The van der Waals surface area contributed by atoms with Gasteiger partial charge in [-0.05, 0) is 41.8 Å². The zero-order chi connectivity index (χ0) is 20.6. The molecule has 0 saturated carbocycles. The van der Waals surface area contributed by atoms with Crippen LogP contribution in [0.3, 0.4) is 0 Å². The zero-order valence-corrected chi connectivity index (χ0v) is 17.9. The molecule has 2 aromatic carbocycles. The van der Waals surface area contributed by atoms with E-state index in [-0.39, 0.29) is 25.2 Å². The fraction of sp³-hybridized carbons (Fsp3) is 0.455. The number of aliphatic hydroxyl groups excluding tert-OH is 3. The van der Waals surface area contributed by atoms with Crippen LogP contribution in [-0.4, -0.2) is 52.7 Å². The topological polar surface area (TPSA) is 79.2 Å². The van der Waals surface area contributed by atoms with E-state index in [2.05, 4.69) is 41.9 Å². The molecule has 154 valence electrons. The van der Waals surface area contributed by atoms with Gasteiger partial charge < -0.3 is 24.8 Å². The van der Waals surface area contributed by atoms with Crippen molar-refractivity contribution in [2.45, 2.75) is 37.9 Å². The Kier molecular flexibility index (Phi) is 8.76. The molecule has 0 amide bonds. The molecule has 5 nitrogen and oxygen atoms in total. The number of alkyl halides is 1. The Labute approximate surface area is 175 Å². The first-order chi connectivity index (χ1) is 13.4. The molecule has 0 saturated heterocycles. The summed E-state index contributed by atoms with van der Waals surface area (Å²) >= 11 is 3.22. The molecule has 0 aliphatic carbocycles. The van der Waals surface area contributed by atoms with Gasteiger partial charge in [0.05, 0.1) is 12.7 Å². The summed E-state index contributed by atoms with van der Waals surface area (Å²) in [5, 5.41) is 28.3. The summed E-state index contributed by atoms with van der Waals surface area (Å²) in [4.78, 5) is 0. The average Bonchev–Trinajstić information content (AvgIpc) is 2.75. The maximum atomic E-state index is 9.59. The first-order valence-corrected chi connectivity index (χ1v) is 10.5. The second-order valence-electron chi connectivity index (χ2n) is 7.00. The van der Waals surface area contributed by atoms with Gasteiger partial charge in [0.15, 0.2) is 0 Å². The zero-order valence-electron chi connectivity index (χ0n) is 16.3. The minimum Gasteiger partial charge on any atom is -0.491 e. The molecule has 0 heterocycles. The van der Waals surface area contributed by atoms with E-state index >= 15 is 0 Å². The Balaban J connectivity index is 2.11. The lowest BCUT2D eigenvalue weighted by Gasteiger charge is -2.30. The van der Waals surface area contributed by atoms with Gasteiger partial charge in [0, 0.05) is 10.7 Å². The lowest BCUT2D eigenvalue weighted by molar-refractivity contribution is 0.0536. The smallest absolute Gasteiger partial charge is 0.119 e. The Morgan fingerprint density at radius 2 is 1.29 bits per heavy atom. The Morgan fingerprint density at radius 1 is 0.857 bits per heavy atom. The van der Waals surface area contributed by atoms with E-state index in [0.29, 0.717) is 11.1 Å². The molecule has 6 heteroatoms. The van der Waals surface area contributed by atoms with Gasteiger partial charge >= 0.3 is 0 Å². The highest BCUT2D eigenvalue weighted by molar-refractivity contribution is 9.09. The molecular weight excluding hydrogens is 424 g/mol. The van der Waals surface area contributed by atoms with Crippen molar-refractivity contribution in [3.8, 4) is 11.5 Å². The van der Waals surface area contributed by atoms with Crippen LogP contribution in [-0.2, 0) is 5.41 Å². The van der Waals surface area contributed by atoms with E-state index in [1.165, 1.54) is 5.56 Å². The first-order valence-electron chi connectivity index (χ1n) is 9.42. The summed E-state index contributed by atoms with van der Waals surface area (Å²) in [5.41, 5.74) is 2.16. The standard InChI is InChI=1S/C22H29BrO5/c1-3-22(2,16-4-8-20(9-5-16)27-14-18(25)12-23)17-6-10-21(11-7-17)28-15-19(26)13-24/h4-11,18-19,24-26H,3,12-15H2,1-2H3. The van der Waals surface area contributed by atoms with E-state index < -0.39 is 12.2 Å². The second kappa shape index (κ2) is 10.8. The third-order valence-electron chi connectivity index (χ3n) is 4.96. The van der Waals surface area contributed by atoms with Gasteiger partial charge in [-0.1, -0.05) is 54.0 Å². The van der Waals surface area contributed by atoms with Crippen LogP contribution >= 0.6 is 15.9 Å². The fourth-order valence-corrected chi connectivity index (χ4v) is 3.08.